The van der Waals surface area contributed by atoms with Crippen molar-refractivity contribution in [2.24, 2.45) is 5.92 Å². The maximum atomic E-state index is 5.72. The third-order valence-corrected chi connectivity index (χ3v) is 4.27. The summed E-state index contributed by atoms with van der Waals surface area (Å²) < 4.78 is 5.72. The number of anilines is 1. The van der Waals surface area contributed by atoms with E-state index in [0.717, 1.165) is 44.1 Å². The number of pyridine rings is 1. The number of hydrogen-bond acceptors (Lipinski definition) is 5. The summed E-state index contributed by atoms with van der Waals surface area (Å²) in [7, 11) is 0. The summed E-state index contributed by atoms with van der Waals surface area (Å²) in [5, 5.41) is 3.61. The van der Waals surface area contributed by atoms with Crippen LogP contribution in [0.3, 0.4) is 0 Å². The van der Waals surface area contributed by atoms with Crippen LogP contribution in [0, 0.1) is 12.8 Å². The highest BCUT2D eigenvalue weighted by Gasteiger charge is 2.29. The molecule has 2 aromatic rings. The molecule has 3 rings (SSSR count). The summed E-state index contributed by atoms with van der Waals surface area (Å²) in [6, 6.07) is 4.44. The van der Waals surface area contributed by atoms with Crippen molar-refractivity contribution in [3.8, 4) is 0 Å². The van der Waals surface area contributed by atoms with Crippen LogP contribution in [0.15, 0.2) is 30.7 Å². The van der Waals surface area contributed by atoms with Gasteiger partial charge in [-0.15, -0.1) is 0 Å². The van der Waals surface area contributed by atoms with Gasteiger partial charge in [0.25, 0.3) is 0 Å². The standard InChI is InChI=1S/C18H24N4O/c1-3-4-15-10-20-13(2)21-18(15)22-17-12-23-11-16(17)9-14-5-7-19-8-6-14/h5-8,10,16-17H,3-4,9,11-12H2,1-2H3,(H,20,21,22)/t16-,17+/m1/s1. The fourth-order valence-corrected chi connectivity index (χ4v) is 3.03. The molecule has 1 aliphatic rings. The van der Waals surface area contributed by atoms with Gasteiger partial charge in [0.2, 0.25) is 0 Å². The van der Waals surface area contributed by atoms with E-state index in [1.54, 1.807) is 0 Å². The van der Waals surface area contributed by atoms with E-state index in [1.165, 1.54) is 11.1 Å². The van der Waals surface area contributed by atoms with Gasteiger partial charge >= 0.3 is 0 Å². The monoisotopic (exact) mass is 312 g/mol. The van der Waals surface area contributed by atoms with E-state index < -0.39 is 0 Å². The van der Waals surface area contributed by atoms with E-state index in [9.17, 15) is 0 Å². The fourth-order valence-electron chi connectivity index (χ4n) is 3.03. The molecular formula is C18H24N4O. The summed E-state index contributed by atoms with van der Waals surface area (Å²) in [6.07, 6.45) is 8.71. The molecule has 0 bridgehead atoms. The normalized spacial score (nSPS) is 20.6. The van der Waals surface area contributed by atoms with E-state index in [2.05, 4.69) is 39.3 Å². The molecule has 2 aromatic heterocycles. The summed E-state index contributed by atoms with van der Waals surface area (Å²) in [4.78, 5) is 13.0. The largest absolute Gasteiger partial charge is 0.379 e. The molecule has 1 N–H and O–H groups in total. The minimum absolute atomic E-state index is 0.285. The Labute approximate surface area is 137 Å². The van der Waals surface area contributed by atoms with Crippen LogP contribution in [0.2, 0.25) is 0 Å². The fraction of sp³-hybridized carbons (Fsp3) is 0.500. The molecule has 5 nitrogen and oxygen atoms in total. The lowest BCUT2D eigenvalue weighted by atomic mass is 9.95. The first-order valence-corrected chi connectivity index (χ1v) is 8.32. The first-order valence-electron chi connectivity index (χ1n) is 8.32. The lowest BCUT2D eigenvalue weighted by molar-refractivity contribution is 0.185. The van der Waals surface area contributed by atoms with Crippen molar-refractivity contribution in [1.29, 1.82) is 0 Å². The molecule has 3 heterocycles. The van der Waals surface area contributed by atoms with Crippen LogP contribution in [0.4, 0.5) is 5.82 Å². The highest BCUT2D eigenvalue weighted by molar-refractivity contribution is 5.44. The van der Waals surface area contributed by atoms with Crippen molar-refractivity contribution in [2.45, 2.75) is 39.2 Å². The number of rotatable bonds is 6. The van der Waals surface area contributed by atoms with Gasteiger partial charge in [0, 0.05) is 30.1 Å². The molecule has 0 saturated carbocycles. The predicted octanol–water partition coefficient (Wildman–Crippen LogP) is 2.80. The Bertz CT molecular complexity index is 632. The summed E-state index contributed by atoms with van der Waals surface area (Å²) in [5.74, 6) is 2.22. The Morgan fingerprint density at radius 1 is 1.26 bits per heavy atom. The second kappa shape index (κ2) is 7.51. The summed E-state index contributed by atoms with van der Waals surface area (Å²) in [5.41, 5.74) is 2.49. The van der Waals surface area contributed by atoms with Crippen molar-refractivity contribution in [2.75, 3.05) is 18.5 Å². The highest BCUT2D eigenvalue weighted by atomic mass is 16.5. The van der Waals surface area contributed by atoms with Crippen molar-refractivity contribution in [3.05, 3.63) is 47.7 Å². The molecular weight excluding hydrogens is 288 g/mol. The van der Waals surface area contributed by atoms with Gasteiger partial charge in [0.05, 0.1) is 19.3 Å². The van der Waals surface area contributed by atoms with Crippen LogP contribution < -0.4 is 5.32 Å². The molecule has 2 atom stereocenters. The zero-order chi connectivity index (χ0) is 16.1. The zero-order valence-corrected chi connectivity index (χ0v) is 13.8. The number of nitrogens with zero attached hydrogens (tertiary/aromatic N) is 3. The molecule has 0 radical (unpaired) electrons. The minimum atomic E-state index is 0.285. The maximum absolute atomic E-state index is 5.72. The second-order valence-corrected chi connectivity index (χ2v) is 6.15. The minimum Gasteiger partial charge on any atom is -0.379 e. The van der Waals surface area contributed by atoms with Gasteiger partial charge in [0.15, 0.2) is 0 Å². The summed E-state index contributed by atoms with van der Waals surface area (Å²) in [6.45, 7) is 5.62. The van der Waals surface area contributed by atoms with Crippen molar-refractivity contribution < 1.29 is 4.74 Å². The average molecular weight is 312 g/mol. The Hall–Kier alpha value is -2.01. The molecule has 23 heavy (non-hydrogen) atoms. The number of ether oxygens (including phenoxy) is 1. The highest BCUT2D eigenvalue weighted by Crippen LogP contribution is 2.24. The van der Waals surface area contributed by atoms with Gasteiger partial charge in [-0.05, 0) is 37.5 Å². The average Bonchev–Trinajstić information content (AvgIpc) is 2.98. The molecule has 1 saturated heterocycles. The summed E-state index contributed by atoms with van der Waals surface area (Å²) >= 11 is 0. The van der Waals surface area contributed by atoms with Crippen LogP contribution in [0.5, 0.6) is 0 Å². The van der Waals surface area contributed by atoms with Gasteiger partial charge in [-0.25, -0.2) is 9.97 Å². The quantitative estimate of drug-likeness (QED) is 0.889. The predicted molar refractivity (Wildman–Crippen MR) is 90.4 cm³/mol. The van der Waals surface area contributed by atoms with Crippen LogP contribution >= 0.6 is 0 Å². The van der Waals surface area contributed by atoms with E-state index in [1.807, 2.05) is 25.5 Å². The van der Waals surface area contributed by atoms with Gasteiger partial charge in [-0.1, -0.05) is 13.3 Å². The molecule has 122 valence electrons. The topological polar surface area (TPSA) is 59.9 Å². The van der Waals surface area contributed by atoms with E-state index in [-0.39, 0.29) is 6.04 Å². The Balaban J connectivity index is 1.72. The van der Waals surface area contributed by atoms with Crippen LogP contribution in [-0.4, -0.2) is 34.2 Å². The zero-order valence-electron chi connectivity index (χ0n) is 13.8. The van der Waals surface area contributed by atoms with Gasteiger partial charge in [-0.2, -0.15) is 0 Å². The Morgan fingerprint density at radius 3 is 2.87 bits per heavy atom. The number of nitrogens with one attached hydrogen (secondary N) is 1. The first kappa shape index (κ1) is 15.9. The van der Waals surface area contributed by atoms with Gasteiger partial charge in [-0.3, -0.25) is 4.98 Å². The second-order valence-electron chi connectivity index (χ2n) is 6.15. The number of aromatic nitrogens is 3. The number of hydrogen-bond donors (Lipinski definition) is 1. The molecule has 0 amide bonds. The third kappa shape index (κ3) is 4.05. The molecule has 0 aromatic carbocycles. The lowest BCUT2D eigenvalue weighted by Gasteiger charge is -2.21. The van der Waals surface area contributed by atoms with E-state index in [0.29, 0.717) is 5.92 Å². The van der Waals surface area contributed by atoms with E-state index in [4.69, 9.17) is 4.74 Å². The molecule has 1 fully saturated rings. The molecule has 0 spiro atoms. The van der Waals surface area contributed by atoms with E-state index >= 15 is 0 Å². The van der Waals surface area contributed by atoms with Crippen LogP contribution in [0.1, 0.15) is 30.3 Å². The van der Waals surface area contributed by atoms with Crippen LogP contribution in [0.25, 0.3) is 0 Å². The third-order valence-electron chi connectivity index (χ3n) is 4.27. The van der Waals surface area contributed by atoms with Crippen LogP contribution in [-0.2, 0) is 17.6 Å². The Kier molecular flexibility index (Phi) is 5.18. The van der Waals surface area contributed by atoms with Crippen molar-refractivity contribution >= 4 is 5.82 Å². The van der Waals surface area contributed by atoms with Gasteiger partial charge < -0.3 is 10.1 Å². The molecule has 0 aliphatic carbocycles. The molecule has 0 unspecified atom stereocenters. The lowest BCUT2D eigenvalue weighted by Crippen LogP contribution is -2.30. The Morgan fingerprint density at radius 2 is 2.09 bits per heavy atom. The van der Waals surface area contributed by atoms with Gasteiger partial charge in [0.1, 0.15) is 11.6 Å². The molecule has 5 heteroatoms. The first-order chi connectivity index (χ1) is 11.3. The SMILES string of the molecule is CCCc1cnc(C)nc1N[C@H]1COC[C@H]1Cc1ccncc1. The maximum Gasteiger partial charge on any atom is 0.133 e. The van der Waals surface area contributed by atoms with Crippen molar-refractivity contribution in [1.82, 2.24) is 15.0 Å². The number of aryl methyl sites for hydroxylation is 2. The smallest absolute Gasteiger partial charge is 0.133 e. The molecule has 1 aliphatic heterocycles. The van der Waals surface area contributed by atoms with Crippen molar-refractivity contribution in [3.63, 3.8) is 0 Å².